The molecule has 0 bridgehead atoms. The summed E-state index contributed by atoms with van der Waals surface area (Å²) in [6.45, 7) is 0. The van der Waals surface area contributed by atoms with Crippen LogP contribution in [-0.2, 0) is 0 Å². The highest BCUT2D eigenvalue weighted by Crippen LogP contribution is 2.38. The van der Waals surface area contributed by atoms with E-state index < -0.39 is 0 Å². The summed E-state index contributed by atoms with van der Waals surface area (Å²) in [5.41, 5.74) is 3.99. The third kappa shape index (κ3) is 3.34. The topological polar surface area (TPSA) is 70.8 Å². The van der Waals surface area contributed by atoms with E-state index in [0.29, 0.717) is 15.1 Å². The Labute approximate surface area is 181 Å². The van der Waals surface area contributed by atoms with Gasteiger partial charge in [0.2, 0.25) is 0 Å². The zero-order valence-corrected chi connectivity index (χ0v) is 17.5. The van der Waals surface area contributed by atoms with E-state index >= 15 is 0 Å². The van der Waals surface area contributed by atoms with Crippen LogP contribution >= 0.6 is 23.4 Å². The minimum atomic E-state index is -0.174. The Morgan fingerprint density at radius 1 is 0.967 bits per heavy atom. The first kappa shape index (κ1) is 18.8. The lowest BCUT2D eigenvalue weighted by Gasteiger charge is -2.12. The molecule has 0 unspecified atom stereocenters. The predicted octanol–water partition coefficient (Wildman–Crippen LogP) is 5.88. The lowest BCUT2D eigenvalue weighted by molar-refractivity contribution is 0.415. The van der Waals surface area contributed by atoms with Gasteiger partial charge in [-0.25, -0.2) is 4.98 Å². The highest BCUT2D eigenvalue weighted by molar-refractivity contribution is 7.99. The molecule has 0 aliphatic carbocycles. The van der Waals surface area contributed by atoms with Crippen molar-refractivity contribution in [1.82, 2.24) is 15.0 Å². The van der Waals surface area contributed by atoms with Crippen molar-refractivity contribution in [1.29, 1.82) is 0 Å². The number of H-pyrrole nitrogens is 2. The Morgan fingerprint density at radius 3 is 2.57 bits per heavy atom. The molecule has 30 heavy (non-hydrogen) atoms. The molecule has 148 valence electrons. The monoisotopic (exact) mass is 433 g/mol. The molecule has 2 N–H and O–H groups in total. The van der Waals surface area contributed by atoms with Crippen LogP contribution in [0.5, 0.6) is 5.75 Å². The number of rotatable bonds is 4. The van der Waals surface area contributed by atoms with E-state index in [9.17, 15) is 4.79 Å². The zero-order chi connectivity index (χ0) is 20.7. The molecular formula is C23H16ClN3O2S. The van der Waals surface area contributed by atoms with E-state index in [0.717, 1.165) is 38.8 Å². The van der Waals surface area contributed by atoms with E-state index in [4.69, 9.17) is 16.3 Å². The summed E-state index contributed by atoms with van der Waals surface area (Å²) in [4.78, 5) is 24.5. The number of halogens is 1. The largest absolute Gasteiger partial charge is 0.497 e. The summed E-state index contributed by atoms with van der Waals surface area (Å²) in [7, 11) is 1.62. The first-order valence-corrected chi connectivity index (χ1v) is 10.4. The molecule has 0 spiro atoms. The zero-order valence-electron chi connectivity index (χ0n) is 15.9. The van der Waals surface area contributed by atoms with Crippen molar-refractivity contribution < 1.29 is 4.74 Å². The van der Waals surface area contributed by atoms with Crippen molar-refractivity contribution in [2.24, 2.45) is 0 Å². The minimum Gasteiger partial charge on any atom is -0.497 e. The van der Waals surface area contributed by atoms with E-state index in [1.165, 1.54) is 11.8 Å². The molecule has 0 aliphatic heterocycles. The third-order valence-electron chi connectivity index (χ3n) is 4.86. The maximum atomic E-state index is 13.1. The van der Waals surface area contributed by atoms with Gasteiger partial charge in [0.05, 0.1) is 23.0 Å². The van der Waals surface area contributed by atoms with Gasteiger partial charge in [0.1, 0.15) is 5.75 Å². The number of aromatic amines is 2. The first-order chi connectivity index (χ1) is 14.6. The summed E-state index contributed by atoms with van der Waals surface area (Å²) in [6.07, 6.45) is 0. The predicted molar refractivity (Wildman–Crippen MR) is 122 cm³/mol. The fourth-order valence-electron chi connectivity index (χ4n) is 3.47. The number of fused-ring (bicyclic) bond motifs is 2. The number of nitrogens with one attached hydrogen (secondary N) is 2. The van der Waals surface area contributed by atoms with Crippen LogP contribution in [0.1, 0.15) is 0 Å². The molecule has 5 nitrogen and oxygen atoms in total. The van der Waals surface area contributed by atoms with Gasteiger partial charge >= 0.3 is 0 Å². The number of methoxy groups -OCH3 is 1. The Bertz CT molecular complexity index is 1440. The van der Waals surface area contributed by atoms with Crippen LogP contribution in [0, 0.1) is 0 Å². The number of benzene rings is 3. The van der Waals surface area contributed by atoms with Crippen molar-refractivity contribution >= 4 is 45.3 Å². The summed E-state index contributed by atoms with van der Waals surface area (Å²) in [6, 6.07) is 21.0. The van der Waals surface area contributed by atoms with Crippen LogP contribution in [0.3, 0.4) is 0 Å². The van der Waals surface area contributed by atoms with Gasteiger partial charge in [-0.05, 0) is 47.7 Å². The van der Waals surface area contributed by atoms with Crippen LogP contribution in [0.15, 0.2) is 81.6 Å². The molecule has 3 aromatic carbocycles. The number of imidazole rings is 1. The second-order valence-electron chi connectivity index (χ2n) is 6.74. The number of ether oxygens (including phenoxy) is 1. The van der Waals surface area contributed by atoms with Gasteiger partial charge in [0.25, 0.3) is 5.56 Å². The molecule has 2 aromatic heterocycles. The average Bonchev–Trinajstić information content (AvgIpc) is 3.16. The lowest BCUT2D eigenvalue weighted by atomic mass is 10.0. The van der Waals surface area contributed by atoms with E-state index in [2.05, 4.69) is 15.0 Å². The molecule has 5 rings (SSSR count). The Kier molecular flexibility index (Phi) is 4.73. The van der Waals surface area contributed by atoms with Gasteiger partial charge in [-0.15, -0.1) is 0 Å². The maximum Gasteiger partial charge on any atom is 0.263 e. The van der Waals surface area contributed by atoms with Crippen LogP contribution < -0.4 is 10.3 Å². The van der Waals surface area contributed by atoms with Crippen LogP contribution in [0.25, 0.3) is 33.1 Å². The lowest BCUT2D eigenvalue weighted by Crippen LogP contribution is -2.10. The normalized spacial score (nSPS) is 11.3. The molecule has 5 aromatic rings. The van der Waals surface area contributed by atoms with E-state index in [-0.39, 0.29) is 5.56 Å². The molecule has 2 heterocycles. The summed E-state index contributed by atoms with van der Waals surface area (Å²) in [5, 5.41) is 2.12. The minimum absolute atomic E-state index is 0.174. The van der Waals surface area contributed by atoms with Crippen molar-refractivity contribution in [3.05, 3.63) is 82.1 Å². The van der Waals surface area contributed by atoms with Crippen LogP contribution in [0.4, 0.5) is 0 Å². The molecule has 0 fully saturated rings. The summed E-state index contributed by atoms with van der Waals surface area (Å²) >= 11 is 7.58. The Balaban J connectivity index is 1.72. The first-order valence-electron chi connectivity index (χ1n) is 9.25. The number of hydrogen-bond donors (Lipinski definition) is 2. The van der Waals surface area contributed by atoms with Gasteiger partial charge < -0.3 is 14.7 Å². The molecule has 0 radical (unpaired) electrons. The van der Waals surface area contributed by atoms with Gasteiger partial charge in [-0.1, -0.05) is 41.9 Å². The van der Waals surface area contributed by atoms with E-state index in [1.807, 2.05) is 60.7 Å². The summed E-state index contributed by atoms with van der Waals surface area (Å²) < 4.78 is 5.28. The third-order valence-corrected chi connectivity index (χ3v) is 6.08. The highest BCUT2D eigenvalue weighted by atomic mass is 35.5. The highest BCUT2D eigenvalue weighted by Gasteiger charge is 2.18. The molecule has 0 amide bonds. The Morgan fingerprint density at radius 2 is 1.77 bits per heavy atom. The second-order valence-corrected chi connectivity index (χ2v) is 8.18. The number of aromatic nitrogens is 3. The number of pyridine rings is 1. The summed E-state index contributed by atoms with van der Waals surface area (Å²) in [5.74, 6) is 0.730. The molecule has 0 aliphatic rings. The van der Waals surface area contributed by atoms with E-state index in [1.54, 1.807) is 13.2 Å². The van der Waals surface area contributed by atoms with Crippen molar-refractivity contribution in [2.75, 3.05) is 7.11 Å². The Hall–Kier alpha value is -3.22. The van der Waals surface area contributed by atoms with Crippen molar-refractivity contribution in [2.45, 2.75) is 10.1 Å². The SMILES string of the molecule is COc1ccc2[nH]c(Sc3c(-c4ccccc4)c4cc(Cl)ccc4[nH]c3=O)nc2c1. The van der Waals surface area contributed by atoms with Crippen molar-refractivity contribution in [3.63, 3.8) is 0 Å². The second kappa shape index (κ2) is 7.55. The molecule has 7 heteroatoms. The van der Waals surface area contributed by atoms with Crippen molar-refractivity contribution in [3.8, 4) is 16.9 Å². The van der Waals surface area contributed by atoms with Gasteiger partial charge in [-0.3, -0.25) is 4.79 Å². The number of nitrogens with zero attached hydrogens (tertiary/aromatic N) is 1. The number of hydrogen-bond acceptors (Lipinski definition) is 4. The van der Waals surface area contributed by atoms with Gasteiger partial charge in [0, 0.05) is 27.6 Å². The van der Waals surface area contributed by atoms with Crippen LogP contribution in [0.2, 0.25) is 5.02 Å². The molecule has 0 saturated heterocycles. The fourth-order valence-corrected chi connectivity index (χ4v) is 4.61. The fraction of sp³-hybridized carbons (Fsp3) is 0.0435. The van der Waals surface area contributed by atoms with Gasteiger partial charge in [0.15, 0.2) is 5.16 Å². The maximum absolute atomic E-state index is 13.1. The molecule has 0 saturated carbocycles. The van der Waals surface area contributed by atoms with Gasteiger partial charge in [-0.2, -0.15) is 0 Å². The van der Waals surface area contributed by atoms with Crippen LogP contribution in [-0.4, -0.2) is 22.1 Å². The standard InChI is InChI=1S/C23H16ClN3O2S/c1-29-15-8-10-18-19(12-15)27-23(26-18)30-21-20(13-5-3-2-4-6-13)16-11-14(24)7-9-17(16)25-22(21)28/h2-12H,1H3,(H,25,28)(H,26,27). The molecule has 0 atom stereocenters. The quantitative estimate of drug-likeness (QED) is 0.371. The molecular weight excluding hydrogens is 418 g/mol. The average molecular weight is 434 g/mol. The smallest absolute Gasteiger partial charge is 0.263 e.